The molecular weight excluding hydrogens is 222 g/mol. The first kappa shape index (κ1) is 9.43. The Morgan fingerprint density at radius 3 is 2.93 bits per heavy atom. The number of non-ortho nitro benzene ring substituents is 1. The van der Waals surface area contributed by atoms with Crippen molar-refractivity contribution < 1.29 is 4.92 Å². The second kappa shape index (κ2) is 3.22. The van der Waals surface area contributed by atoms with Crippen LogP contribution in [-0.2, 0) is 0 Å². The van der Waals surface area contributed by atoms with Gasteiger partial charge in [-0.15, -0.1) is 11.3 Å². The lowest BCUT2D eigenvalue weighted by Gasteiger charge is -2.00. The Balaban J connectivity index is 2.91. The van der Waals surface area contributed by atoms with Crippen molar-refractivity contribution in [3.8, 4) is 0 Å². The van der Waals surface area contributed by atoms with E-state index in [1.807, 2.05) is 18.4 Å². The standard InChI is InChI=1S/C9H6ClNO2S/c1-5-6-2-3-14-9(6)8(11(12)13)4-7(5)10/h2-4H,1H3. The van der Waals surface area contributed by atoms with Crippen LogP contribution in [0.15, 0.2) is 17.5 Å². The average molecular weight is 228 g/mol. The van der Waals surface area contributed by atoms with E-state index in [1.54, 1.807) is 0 Å². The lowest BCUT2D eigenvalue weighted by Crippen LogP contribution is -1.89. The highest BCUT2D eigenvalue weighted by molar-refractivity contribution is 7.17. The summed E-state index contributed by atoms with van der Waals surface area (Å²) >= 11 is 7.26. The SMILES string of the molecule is Cc1c(Cl)cc([N+](=O)[O-])c2sccc12. The van der Waals surface area contributed by atoms with Crippen molar-refractivity contribution in [3.63, 3.8) is 0 Å². The molecule has 0 unspecified atom stereocenters. The van der Waals surface area contributed by atoms with E-state index < -0.39 is 4.92 Å². The molecule has 1 aromatic carbocycles. The number of nitro groups is 1. The van der Waals surface area contributed by atoms with Crippen molar-refractivity contribution in [3.05, 3.63) is 38.2 Å². The number of aryl methyl sites for hydroxylation is 1. The number of fused-ring (bicyclic) bond motifs is 1. The Bertz CT molecular complexity index is 521. The molecule has 1 aromatic heterocycles. The van der Waals surface area contributed by atoms with Crippen molar-refractivity contribution in [1.29, 1.82) is 0 Å². The van der Waals surface area contributed by atoms with Crippen molar-refractivity contribution in [2.24, 2.45) is 0 Å². The molecule has 0 aliphatic rings. The normalized spacial score (nSPS) is 10.7. The van der Waals surface area contributed by atoms with Gasteiger partial charge in [-0.3, -0.25) is 10.1 Å². The zero-order valence-electron chi connectivity index (χ0n) is 7.28. The molecule has 5 heteroatoms. The fourth-order valence-corrected chi connectivity index (χ4v) is 2.51. The van der Waals surface area contributed by atoms with E-state index in [0.29, 0.717) is 9.72 Å². The molecule has 0 spiro atoms. The van der Waals surface area contributed by atoms with Gasteiger partial charge < -0.3 is 0 Å². The monoisotopic (exact) mass is 227 g/mol. The van der Waals surface area contributed by atoms with Crippen LogP contribution in [0.2, 0.25) is 5.02 Å². The third-order valence-electron chi connectivity index (χ3n) is 2.12. The number of halogens is 1. The number of benzene rings is 1. The van der Waals surface area contributed by atoms with Gasteiger partial charge in [0, 0.05) is 11.5 Å². The van der Waals surface area contributed by atoms with E-state index in [-0.39, 0.29) is 5.69 Å². The molecule has 1 heterocycles. The highest BCUT2D eigenvalue weighted by Crippen LogP contribution is 2.36. The maximum atomic E-state index is 10.7. The number of hydrogen-bond acceptors (Lipinski definition) is 3. The minimum Gasteiger partial charge on any atom is -0.258 e. The van der Waals surface area contributed by atoms with Crippen molar-refractivity contribution in [2.45, 2.75) is 6.92 Å². The summed E-state index contributed by atoms with van der Waals surface area (Å²) in [5.41, 5.74) is 0.985. The van der Waals surface area contributed by atoms with Gasteiger partial charge in [-0.1, -0.05) is 11.6 Å². The van der Waals surface area contributed by atoms with Gasteiger partial charge in [-0.25, -0.2) is 0 Å². The van der Waals surface area contributed by atoms with Crippen LogP contribution in [0.1, 0.15) is 5.56 Å². The van der Waals surface area contributed by atoms with Gasteiger partial charge in [0.2, 0.25) is 0 Å². The van der Waals surface area contributed by atoms with Gasteiger partial charge >= 0.3 is 0 Å². The molecule has 72 valence electrons. The van der Waals surface area contributed by atoms with Gasteiger partial charge in [0.25, 0.3) is 5.69 Å². The molecule has 0 saturated carbocycles. The second-order valence-corrected chi connectivity index (χ2v) is 4.25. The van der Waals surface area contributed by atoms with Crippen LogP contribution in [0.4, 0.5) is 5.69 Å². The molecule has 0 N–H and O–H groups in total. The highest BCUT2D eigenvalue weighted by Gasteiger charge is 2.16. The molecule has 0 fully saturated rings. The third kappa shape index (κ3) is 1.27. The van der Waals surface area contributed by atoms with Crippen LogP contribution in [-0.4, -0.2) is 4.92 Å². The summed E-state index contributed by atoms with van der Waals surface area (Å²) in [6, 6.07) is 3.27. The maximum absolute atomic E-state index is 10.7. The first-order valence-electron chi connectivity index (χ1n) is 3.92. The maximum Gasteiger partial charge on any atom is 0.288 e. The predicted molar refractivity (Wildman–Crippen MR) is 58.2 cm³/mol. The molecule has 0 bridgehead atoms. The third-order valence-corrected chi connectivity index (χ3v) is 3.45. The molecule has 2 rings (SSSR count). The number of hydrogen-bond donors (Lipinski definition) is 0. The predicted octanol–water partition coefficient (Wildman–Crippen LogP) is 3.77. The smallest absolute Gasteiger partial charge is 0.258 e. The zero-order chi connectivity index (χ0) is 10.3. The Kier molecular flexibility index (Phi) is 2.17. The molecule has 2 aromatic rings. The van der Waals surface area contributed by atoms with E-state index in [0.717, 1.165) is 10.9 Å². The molecule has 0 amide bonds. The summed E-state index contributed by atoms with van der Waals surface area (Å²) in [4.78, 5) is 10.3. The quantitative estimate of drug-likeness (QED) is 0.550. The number of rotatable bonds is 1. The second-order valence-electron chi connectivity index (χ2n) is 2.92. The van der Waals surface area contributed by atoms with Crippen molar-refractivity contribution in [1.82, 2.24) is 0 Å². The van der Waals surface area contributed by atoms with Crippen LogP contribution in [0, 0.1) is 17.0 Å². The Hall–Kier alpha value is -1.13. The molecule has 14 heavy (non-hydrogen) atoms. The first-order valence-corrected chi connectivity index (χ1v) is 5.17. The van der Waals surface area contributed by atoms with Gasteiger partial charge in [0.1, 0.15) is 4.70 Å². The summed E-state index contributed by atoms with van der Waals surface area (Å²) in [5.74, 6) is 0. The topological polar surface area (TPSA) is 43.1 Å². The van der Waals surface area contributed by atoms with Crippen LogP contribution in [0.5, 0.6) is 0 Å². The fourth-order valence-electron chi connectivity index (χ4n) is 1.36. The Morgan fingerprint density at radius 2 is 2.29 bits per heavy atom. The molecule has 0 atom stereocenters. The average Bonchev–Trinajstić information content (AvgIpc) is 2.59. The van der Waals surface area contributed by atoms with Crippen LogP contribution >= 0.6 is 22.9 Å². The highest BCUT2D eigenvalue weighted by atomic mass is 35.5. The molecule has 0 radical (unpaired) electrons. The zero-order valence-corrected chi connectivity index (χ0v) is 8.85. The Labute approximate surface area is 89.1 Å². The summed E-state index contributed by atoms with van der Waals surface area (Å²) in [5, 5.41) is 13.9. The summed E-state index contributed by atoms with van der Waals surface area (Å²) < 4.78 is 0.692. The van der Waals surface area contributed by atoms with Gasteiger partial charge in [0.05, 0.1) is 9.95 Å². The molecule has 3 nitrogen and oxygen atoms in total. The Morgan fingerprint density at radius 1 is 1.57 bits per heavy atom. The number of nitrogens with zero attached hydrogens (tertiary/aromatic N) is 1. The van der Waals surface area contributed by atoms with E-state index >= 15 is 0 Å². The van der Waals surface area contributed by atoms with Crippen molar-refractivity contribution in [2.75, 3.05) is 0 Å². The van der Waals surface area contributed by atoms with Gasteiger partial charge in [0.15, 0.2) is 0 Å². The lowest BCUT2D eigenvalue weighted by molar-refractivity contribution is -0.382. The minimum absolute atomic E-state index is 0.0885. The first-order chi connectivity index (χ1) is 6.61. The molecule has 0 aliphatic heterocycles. The minimum atomic E-state index is -0.399. The van der Waals surface area contributed by atoms with Crippen LogP contribution in [0.3, 0.4) is 0 Å². The largest absolute Gasteiger partial charge is 0.288 e. The number of thiophene rings is 1. The van der Waals surface area contributed by atoms with Gasteiger partial charge in [-0.2, -0.15) is 0 Å². The van der Waals surface area contributed by atoms with Crippen LogP contribution < -0.4 is 0 Å². The summed E-state index contributed by atoms with van der Waals surface area (Å²) in [6.07, 6.45) is 0. The van der Waals surface area contributed by atoms with E-state index in [2.05, 4.69) is 0 Å². The lowest BCUT2D eigenvalue weighted by atomic mass is 10.1. The molecule has 0 saturated heterocycles. The van der Waals surface area contributed by atoms with Crippen LogP contribution in [0.25, 0.3) is 10.1 Å². The van der Waals surface area contributed by atoms with E-state index in [4.69, 9.17) is 11.6 Å². The number of nitro benzene ring substituents is 1. The van der Waals surface area contributed by atoms with E-state index in [9.17, 15) is 10.1 Å². The van der Waals surface area contributed by atoms with Crippen molar-refractivity contribution >= 4 is 38.7 Å². The summed E-state index contributed by atoms with van der Waals surface area (Å²) in [7, 11) is 0. The summed E-state index contributed by atoms with van der Waals surface area (Å²) in [6.45, 7) is 1.86. The van der Waals surface area contributed by atoms with E-state index in [1.165, 1.54) is 17.4 Å². The molecule has 0 aliphatic carbocycles. The fraction of sp³-hybridized carbons (Fsp3) is 0.111. The molecular formula is C9H6ClNO2S. The van der Waals surface area contributed by atoms with Gasteiger partial charge in [-0.05, 0) is 23.9 Å².